The van der Waals surface area contributed by atoms with Crippen LogP contribution in [0.4, 0.5) is 0 Å². The smallest absolute Gasteiger partial charge is 0.00387 e. The molecule has 0 radical (unpaired) electrons. The highest BCUT2D eigenvalue weighted by Crippen LogP contribution is 2.07. The Balaban J connectivity index is 3.91. The molecule has 0 aliphatic carbocycles. The molecule has 0 rings (SSSR count). The zero-order valence-electron chi connectivity index (χ0n) is 9.71. The van der Waals surface area contributed by atoms with E-state index in [1.165, 1.54) is 25.9 Å². The van der Waals surface area contributed by atoms with Crippen LogP contribution in [0.15, 0.2) is 0 Å². The van der Waals surface area contributed by atoms with Crippen molar-refractivity contribution in [1.82, 2.24) is 4.90 Å². The molecule has 0 aliphatic heterocycles. The van der Waals surface area contributed by atoms with Crippen LogP contribution in [0.2, 0.25) is 0 Å². The molecule has 0 bridgehead atoms. The van der Waals surface area contributed by atoms with E-state index in [0.717, 1.165) is 6.54 Å². The lowest BCUT2D eigenvalue weighted by Crippen LogP contribution is -2.37. The van der Waals surface area contributed by atoms with Gasteiger partial charge in [-0.3, -0.25) is 0 Å². The van der Waals surface area contributed by atoms with Gasteiger partial charge in [-0.05, 0) is 39.3 Å². The predicted octanol–water partition coefficient (Wildman–Crippen LogP) is 2.09. The molecule has 0 aromatic carbocycles. The quantitative estimate of drug-likeness (QED) is 0.659. The van der Waals surface area contributed by atoms with Crippen molar-refractivity contribution in [2.75, 3.05) is 19.6 Å². The Kier molecular flexibility index (Phi) is 7.29. The molecule has 0 aromatic rings. The lowest BCUT2D eigenvalue weighted by Gasteiger charge is -2.29. The zero-order chi connectivity index (χ0) is 10.3. The minimum atomic E-state index is 0.653. The summed E-state index contributed by atoms with van der Waals surface area (Å²) in [6.07, 6.45) is 2.43. The summed E-state index contributed by atoms with van der Waals surface area (Å²) in [5.74, 6) is 0.675. The van der Waals surface area contributed by atoms with E-state index < -0.39 is 0 Å². The van der Waals surface area contributed by atoms with Crippen molar-refractivity contribution in [2.24, 2.45) is 11.7 Å². The monoisotopic (exact) mass is 186 g/mol. The van der Waals surface area contributed by atoms with E-state index in [4.69, 9.17) is 5.73 Å². The molecule has 13 heavy (non-hydrogen) atoms. The summed E-state index contributed by atoms with van der Waals surface area (Å²) in [6, 6.07) is 0.653. The van der Waals surface area contributed by atoms with Crippen LogP contribution in [0.5, 0.6) is 0 Å². The maximum atomic E-state index is 5.70. The van der Waals surface area contributed by atoms with Crippen molar-refractivity contribution in [2.45, 2.75) is 46.6 Å². The van der Waals surface area contributed by atoms with Crippen molar-refractivity contribution in [1.29, 1.82) is 0 Å². The third-order valence-corrected chi connectivity index (χ3v) is 2.64. The van der Waals surface area contributed by atoms with Gasteiger partial charge in [0.05, 0.1) is 0 Å². The predicted molar refractivity (Wildman–Crippen MR) is 59.8 cm³/mol. The van der Waals surface area contributed by atoms with Crippen LogP contribution in [0.1, 0.15) is 40.5 Å². The van der Waals surface area contributed by atoms with E-state index in [1.54, 1.807) is 0 Å². The van der Waals surface area contributed by atoms with Crippen LogP contribution < -0.4 is 5.73 Å². The Bertz CT molecular complexity index is 109. The molecule has 0 aliphatic rings. The van der Waals surface area contributed by atoms with Crippen LogP contribution in [0.25, 0.3) is 0 Å². The molecule has 0 saturated carbocycles. The van der Waals surface area contributed by atoms with Gasteiger partial charge < -0.3 is 10.6 Å². The molecule has 1 unspecified atom stereocenters. The Morgan fingerprint density at radius 1 is 1.23 bits per heavy atom. The van der Waals surface area contributed by atoms with Crippen LogP contribution in [-0.4, -0.2) is 30.6 Å². The lowest BCUT2D eigenvalue weighted by molar-refractivity contribution is 0.187. The largest absolute Gasteiger partial charge is 0.330 e. The molecule has 2 N–H and O–H groups in total. The van der Waals surface area contributed by atoms with Crippen LogP contribution >= 0.6 is 0 Å². The van der Waals surface area contributed by atoms with Gasteiger partial charge >= 0.3 is 0 Å². The summed E-state index contributed by atoms with van der Waals surface area (Å²) in [5.41, 5.74) is 5.70. The van der Waals surface area contributed by atoms with E-state index >= 15 is 0 Å². The highest BCUT2D eigenvalue weighted by molar-refractivity contribution is 4.68. The lowest BCUT2D eigenvalue weighted by atomic mass is 10.1. The Morgan fingerprint density at radius 3 is 2.15 bits per heavy atom. The third kappa shape index (κ3) is 5.27. The summed E-state index contributed by atoms with van der Waals surface area (Å²) in [5, 5.41) is 0. The first kappa shape index (κ1) is 12.9. The molecule has 0 aromatic heterocycles. The topological polar surface area (TPSA) is 29.3 Å². The molecule has 0 fully saturated rings. The number of nitrogens with two attached hydrogens (primary N) is 1. The zero-order valence-corrected chi connectivity index (χ0v) is 9.71. The molecule has 0 saturated heterocycles. The molecule has 80 valence electrons. The van der Waals surface area contributed by atoms with E-state index in [2.05, 4.69) is 32.6 Å². The van der Waals surface area contributed by atoms with Crippen molar-refractivity contribution < 1.29 is 0 Å². The van der Waals surface area contributed by atoms with Gasteiger partial charge in [0.25, 0.3) is 0 Å². The SMILES string of the molecule is CCCN(CC(CC)CN)C(C)C. The third-order valence-electron chi connectivity index (χ3n) is 2.64. The van der Waals surface area contributed by atoms with E-state index in [0.29, 0.717) is 12.0 Å². The van der Waals surface area contributed by atoms with Crippen LogP contribution in [0, 0.1) is 5.92 Å². The Morgan fingerprint density at radius 2 is 1.85 bits per heavy atom. The summed E-state index contributed by atoms with van der Waals surface area (Å²) in [6.45, 7) is 12.2. The normalized spacial score (nSPS) is 14.1. The van der Waals surface area contributed by atoms with Crippen molar-refractivity contribution in [3.63, 3.8) is 0 Å². The fraction of sp³-hybridized carbons (Fsp3) is 1.00. The summed E-state index contributed by atoms with van der Waals surface area (Å²) < 4.78 is 0. The summed E-state index contributed by atoms with van der Waals surface area (Å²) in [4.78, 5) is 2.53. The second kappa shape index (κ2) is 7.34. The van der Waals surface area contributed by atoms with Crippen molar-refractivity contribution in [3.8, 4) is 0 Å². The first-order valence-corrected chi connectivity index (χ1v) is 5.59. The molecule has 0 heterocycles. The number of nitrogens with zero attached hydrogens (tertiary/aromatic N) is 1. The molecule has 0 spiro atoms. The van der Waals surface area contributed by atoms with Crippen molar-refractivity contribution >= 4 is 0 Å². The number of rotatable bonds is 7. The molecular weight excluding hydrogens is 160 g/mol. The standard InChI is InChI=1S/C11H26N2/c1-5-7-13(10(3)4)9-11(6-2)8-12/h10-11H,5-9,12H2,1-4H3. The molecule has 1 atom stereocenters. The first-order chi connectivity index (χ1) is 6.15. The first-order valence-electron chi connectivity index (χ1n) is 5.59. The minimum Gasteiger partial charge on any atom is -0.330 e. The van der Waals surface area contributed by atoms with Gasteiger partial charge in [0.2, 0.25) is 0 Å². The van der Waals surface area contributed by atoms with Gasteiger partial charge in [0, 0.05) is 12.6 Å². The maximum Gasteiger partial charge on any atom is 0.00387 e. The van der Waals surface area contributed by atoms with Gasteiger partial charge in [-0.15, -0.1) is 0 Å². The summed E-state index contributed by atoms with van der Waals surface area (Å²) >= 11 is 0. The highest BCUT2D eigenvalue weighted by Gasteiger charge is 2.12. The Labute approximate surface area is 83.5 Å². The van der Waals surface area contributed by atoms with Gasteiger partial charge in [-0.1, -0.05) is 20.3 Å². The van der Waals surface area contributed by atoms with E-state index in [9.17, 15) is 0 Å². The molecule has 2 heteroatoms. The average molecular weight is 186 g/mol. The second-order valence-electron chi connectivity index (χ2n) is 4.10. The average Bonchev–Trinajstić information content (AvgIpc) is 2.11. The van der Waals surface area contributed by atoms with Gasteiger partial charge in [-0.2, -0.15) is 0 Å². The van der Waals surface area contributed by atoms with Gasteiger partial charge in [-0.25, -0.2) is 0 Å². The van der Waals surface area contributed by atoms with Crippen LogP contribution in [-0.2, 0) is 0 Å². The minimum absolute atomic E-state index is 0.653. The Hall–Kier alpha value is -0.0800. The molecule has 0 amide bonds. The van der Waals surface area contributed by atoms with Gasteiger partial charge in [0.1, 0.15) is 0 Å². The van der Waals surface area contributed by atoms with E-state index in [1.807, 2.05) is 0 Å². The van der Waals surface area contributed by atoms with Crippen LogP contribution in [0.3, 0.4) is 0 Å². The highest BCUT2D eigenvalue weighted by atomic mass is 15.1. The summed E-state index contributed by atoms with van der Waals surface area (Å²) in [7, 11) is 0. The van der Waals surface area contributed by atoms with E-state index in [-0.39, 0.29) is 0 Å². The number of hydrogen-bond acceptors (Lipinski definition) is 2. The van der Waals surface area contributed by atoms with Gasteiger partial charge in [0.15, 0.2) is 0 Å². The maximum absolute atomic E-state index is 5.70. The molecular formula is C11H26N2. The number of hydrogen-bond donors (Lipinski definition) is 1. The fourth-order valence-electron chi connectivity index (χ4n) is 1.55. The fourth-order valence-corrected chi connectivity index (χ4v) is 1.55. The molecule has 2 nitrogen and oxygen atoms in total. The van der Waals surface area contributed by atoms with Crippen molar-refractivity contribution in [3.05, 3.63) is 0 Å². The second-order valence-corrected chi connectivity index (χ2v) is 4.10.